The fourth-order valence-corrected chi connectivity index (χ4v) is 1.90. The zero-order chi connectivity index (χ0) is 14.5. The van der Waals surface area contributed by atoms with Crippen molar-refractivity contribution in [2.24, 2.45) is 0 Å². The third kappa shape index (κ3) is 3.43. The molecule has 20 heavy (non-hydrogen) atoms. The third-order valence-electron chi connectivity index (χ3n) is 3.06. The first-order valence-corrected chi connectivity index (χ1v) is 6.15. The van der Waals surface area contributed by atoms with Gasteiger partial charge in [-0.15, -0.1) is 0 Å². The van der Waals surface area contributed by atoms with E-state index in [1.807, 2.05) is 0 Å². The van der Waals surface area contributed by atoms with Crippen LogP contribution in [0, 0.1) is 11.6 Å². The maximum absolute atomic E-state index is 13.3. The van der Waals surface area contributed by atoms with Gasteiger partial charge in [-0.1, -0.05) is 0 Å². The highest BCUT2D eigenvalue weighted by Crippen LogP contribution is 2.17. The molecule has 7 heteroatoms. The van der Waals surface area contributed by atoms with Crippen molar-refractivity contribution in [3.8, 4) is 5.75 Å². The average molecular weight is 284 g/mol. The number of amides is 2. The topological polar surface area (TPSA) is 49.9 Å². The van der Waals surface area contributed by atoms with Gasteiger partial charge < -0.3 is 14.5 Å². The molecule has 108 valence electrons. The Labute approximate surface area is 114 Å². The third-order valence-corrected chi connectivity index (χ3v) is 3.06. The van der Waals surface area contributed by atoms with Crippen molar-refractivity contribution in [2.75, 3.05) is 32.8 Å². The highest BCUT2D eigenvalue weighted by atomic mass is 19.1. The normalized spacial score (nSPS) is 15.1. The van der Waals surface area contributed by atoms with Gasteiger partial charge in [0.15, 0.2) is 18.2 Å². The van der Waals surface area contributed by atoms with E-state index >= 15 is 0 Å². The highest BCUT2D eigenvalue weighted by Gasteiger charge is 2.20. The van der Waals surface area contributed by atoms with Crippen LogP contribution in [0.3, 0.4) is 0 Å². The molecule has 1 aromatic carbocycles. The number of nitrogens with zero attached hydrogens (tertiary/aromatic N) is 2. The van der Waals surface area contributed by atoms with Gasteiger partial charge >= 0.3 is 0 Å². The van der Waals surface area contributed by atoms with Crippen molar-refractivity contribution in [1.29, 1.82) is 0 Å². The zero-order valence-corrected chi connectivity index (χ0v) is 10.7. The van der Waals surface area contributed by atoms with E-state index < -0.39 is 11.6 Å². The fraction of sp³-hybridized carbons (Fsp3) is 0.385. The molecule has 0 atom stereocenters. The molecule has 1 fully saturated rings. The predicted octanol–water partition coefficient (Wildman–Crippen LogP) is 0.644. The Kier molecular flexibility index (Phi) is 4.49. The summed E-state index contributed by atoms with van der Waals surface area (Å²) in [5.41, 5.74) is 0. The van der Waals surface area contributed by atoms with E-state index in [0.29, 0.717) is 32.2 Å². The summed E-state index contributed by atoms with van der Waals surface area (Å²) in [6.07, 6.45) is 0.742. The second-order valence-corrected chi connectivity index (χ2v) is 4.39. The average Bonchev–Trinajstić information content (AvgIpc) is 2.46. The number of ether oxygens (including phenoxy) is 1. The summed E-state index contributed by atoms with van der Waals surface area (Å²) in [6, 6.07) is 2.90. The smallest absolute Gasteiger partial charge is 0.260 e. The molecule has 0 radical (unpaired) electrons. The molecule has 1 aliphatic heterocycles. The summed E-state index contributed by atoms with van der Waals surface area (Å²) in [6.45, 7) is 1.48. The van der Waals surface area contributed by atoms with Crippen molar-refractivity contribution in [3.63, 3.8) is 0 Å². The zero-order valence-electron chi connectivity index (χ0n) is 10.7. The summed E-state index contributed by atoms with van der Waals surface area (Å²) in [5.74, 6) is -2.00. The number of piperazine rings is 1. The van der Waals surface area contributed by atoms with E-state index in [2.05, 4.69) is 0 Å². The van der Waals surface area contributed by atoms with Crippen LogP contribution in [0.5, 0.6) is 5.75 Å². The van der Waals surface area contributed by atoms with Gasteiger partial charge in [0.25, 0.3) is 5.91 Å². The molecule has 0 aliphatic carbocycles. The van der Waals surface area contributed by atoms with Crippen molar-refractivity contribution in [2.45, 2.75) is 0 Å². The first-order valence-electron chi connectivity index (χ1n) is 6.15. The van der Waals surface area contributed by atoms with Crippen LogP contribution in [-0.2, 0) is 9.59 Å². The standard InChI is InChI=1S/C13H14F2N2O3/c14-10-1-2-12(11(15)7-10)20-8-13(19)17-5-3-16(9-18)4-6-17/h1-2,7,9H,3-6,8H2. The Bertz CT molecular complexity index is 502. The molecule has 0 bridgehead atoms. The molecular formula is C13H14F2N2O3. The van der Waals surface area contributed by atoms with Gasteiger partial charge in [0.2, 0.25) is 6.41 Å². The van der Waals surface area contributed by atoms with Crippen molar-refractivity contribution < 1.29 is 23.1 Å². The Morgan fingerprint density at radius 3 is 2.55 bits per heavy atom. The first kappa shape index (κ1) is 14.2. The number of carbonyl (C=O) groups is 2. The Morgan fingerprint density at radius 1 is 1.25 bits per heavy atom. The fourth-order valence-electron chi connectivity index (χ4n) is 1.90. The van der Waals surface area contributed by atoms with Crippen LogP contribution >= 0.6 is 0 Å². The molecular weight excluding hydrogens is 270 g/mol. The second kappa shape index (κ2) is 6.31. The molecule has 0 saturated carbocycles. The molecule has 5 nitrogen and oxygen atoms in total. The minimum Gasteiger partial charge on any atom is -0.481 e. The van der Waals surface area contributed by atoms with Gasteiger partial charge in [0, 0.05) is 32.2 Å². The van der Waals surface area contributed by atoms with E-state index in [1.54, 1.807) is 9.80 Å². The summed E-state index contributed by atoms with van der Waals surface area (Å²) >= 11 is 0. The van der Waals surface area contributed by atoms with Gasteiger partial charge in [0.1, 0.15) is 5.82 Å². The Balaban J connectivity index is 1.85. The number of hydrogen-bond donors (Lipinski definition) is 0. The molecule has 0 N–H and O–H groups in total. The number of carbonyl (C=O) groups excluding carboxylic acids is 2. The van der Waals surface area contributed by atoms with Crippen LogP contribution in [-0.4, -0.2) is 54.9 Å². The van der Waals surface area contributed by atoms with E-state index in [4.69, 9.17) is 4.74 Å². The van der Waals surface area contributed by atoms with Crippen molar-refractivity contribution in [1.82, 2.24) is 9.80 Å². The summed E-state index contributed by atoms with van der Waals surface area (Å²) < 4.78 is 31.1. The largest absolute Gasteiger partial charge is 0.481 e. The minimum atomic E-state index is -0.844. The molecule has 1 aliphatic rings. The molecule has 0 spiro atoms. The molecule has 1 heterocycles. The molecule has 2 amide bonds. The summed E-state index contributed by atoms with van der Waals surface area (Å²) in [4.78, 5) is 25.5. The highest BCUT2D eigenvalue weighted by molar-refractivity contribution is 5.78. The molecule has 0 unspecified atom stereocenters. The van der Waals surface area contributed by atoms with Gasteiger partial charge in [-0.05, 0) is 12.1 Å². The summed E-state index contributed by atoms with van der Waals surface area (Å²) in [7, 11) is 0. The van der Waals surface area contributed by atoms with E-state index in [0.717, 1.165) is 18.5 Å². The molecule has 1 aromatic rings. The predicted molar refractivity (Wildman–Crippen MR) is 66.1 cm³/mol. The van der Waals surface area contributed by atoms with E-state index in [1.165, 1.54) is 0 Å². The lowest BCUT2D eigenvalue weighted by atomic mass is 10.3. The quantitative estimate of drug-likeness (QED) is 0.763. The Morgan fingerprint density at radius 2 is 1.95 bits per heavy atom. The number of rotatable bonds is 4. The first-order chi connectivity index (χ1) is 9.60. The number of hydrogen-bond acceptors (Lipinski definition) is 3. The van der Waals surface area contributed by atoms with Crippen molar-refractivity contribution in [3.05, 3.63) is 29.8 Å². The van der Waals surface area contributed by atoms with E-state index in [9.17, 15) is 18.4 Å². The van der Waals surface area contributed by atoms with Gasteiger partial charge in [0.05, 0.1) is 0 Å². The maximum atomic E-state index is 13.3. The van der Waals surface area contributed by atoms with Crippen LogP contribution in [0.1, 0.15) is 0 Å². The van der Waals surface area contributed by atoms with Crippen LogP contribution < -0.4 is 4.74 Å². The second-order valence-electron chi connectivity index (χ2n) is 4.39. The van der Waals surface area contributed by atoms with Crippen LogP contribution in [0.4, 0.5) is 8.78 Å². The molecule has 2 rings (SSSR count). The number of halogens is 2. The van der Waals surface area contributed by atoms with E-state index in [-0.39, 0.29) is 18.3 Å². The van der Waals surface area contributed by atoms with Gasteiger partial charge in [-0.2, -0.15) is 0 Å². The minimum absolute atomic E-state index is 0.161. The van der Waals surface area contributed by atoms with Gasteiger partial charge in [-0.3, -0.25) is 9.59 Å². The van der Waals surface area contributed by atoms with Crippen LogP contribution in [0.2, 0.25) is 0 Å². The van der Waals surface area contributed by atoms with Gasteiger partial charge in [-0.25, -0.2) is 8.78 Å². The Hall–Kier alpha value is -2.18. The lowest BCUT2D eigenvalue weighted by Crippen LogP contribution is -2.49. The maximum Gasteiger partial charge on any atom is 0.260 e. The van der Waals surface area contributed by atoms with Crippen molar-refractivity contribution >= 4 is 12.3 Å². The van der Waals surface area contributed by atoms with Crippen LogP contribution in [0.15, 0.2) is 18.2 Å². The van der Waals surface area contributed by atoms with Crippen LogP contribution in [0.25, 0.3) is 0 Å². The molecule has 1 saturated heterocycles. The summed E-state index contributed by atoms with van der Waals surface area (Å²) in [5, 5.41) is 0. The number of benzene rings is 1. The lowest BCUT2D eigenvalue weighted by Gasteiger charge is -2.32. The molecule has 0 aromatic heterocycles. The lowest BCUT2D eigenvalue weighted by molar-refractivity contribution is -0.137. The monoisotopic (exact) mass is 284 g/mol. The SMILES string of the molecule is O=CN1CCN(C(=O)COc2ccc(F)cc2F)CC1.